The van der Waals surface area contributed by atoms with Gasteiger partial charge in [0.15, 0.2) is 0 Å². The van der Waals surface area contributed by atoms with Gasteiger partial charge in [-0.05, 0) is 31.4 Å². The molecular weight excluding hydrogens is 341 g/mol. The first-order chi connectivity index (χ1) is 9.45. The van der Waals surface area contributed by atoms with Crippen LogP contribution in [-0.2, 0) is 14.8 Å². The summed E-state index contributed by atoms with van der Waals surface area (Å²) < 4.78 is 32.9. The lowest BCUT2D eigenvalue weighted by Crippen LogP contribution is -2.40. The summed E-state index contributed by atoms with van der Waals surface area (Å²) in [6, 6.07) is 1.64. The molecule has 0 aliphatic carbocycles. The number of aryl methyl sites for hydroxylation is 1. The van der Waals surface area contributed by atoms with Crippen LogP contribution in [-0.4, -0.2) is 44.4 Å². The molecule has 1 aliphatic rings. The summed E-state index contributed by atoms with van der Waals surface area (Å²) in [5, 5.41) is 0. The lowest BCUT2D eigenvalue weighted by Gasteiger charge is -2.30. The summed E-state index contributed by atoms with van der Waals surface area (Å²) in [6.45, 7) is 3.27. The van der Waals surface area contributed by atoms with Gasteiger partial charge in [0, 0.05) is 19.0 Å². The molecule has 1 fully saturated rings. The normalized spacial score (nSPS) is 18.6. The molecule has 0 spiro atoms. The Bertz CT molecular complexity index is 532. The number of piperidine rings is 1. The number of ether oxygens (including phenoxy) is 1. The monoisotopic (exact) mass is 357 g/mol. The lowest BCUT2D eigenvalue weighted by molar-refractivity contribution is 0.0301. The van der Waals surface area contributed by atoms with Crippen molar-refractivity contribution in [3.05, 3.63) is 16.0 Å². The Morgan fingerprint density at radius 2 is 2.10 bits per heavy atom. The summed E-state index contributed by atoms with van der Waals surface area (Å²) in [4.78, 5) is 0. The van der Waals surface area contributed by atoms with Crippen molar-refractivity contribution in [1.29, 1.82) is 0 Å². The highest BCUT2D eigenvalue weighted by molar-refractivity contribution is 7.91. The van der Waals surface area contributed by atoms with Gasteiger partial charge in [-0.25, -0.2) is 8.42 Å². The van der Waals surface area contributed by atoms with Crippen LogP contribution in [0.15, 0.2) is 10.3 Å². The third-order valence-corrected chi connectivity index (χ3v) is 7.32. The molecule has 2 rings (SSSR count). The van der Waals surface area contributed by atoms with E-state index in [1.165, 1.54) is 4.31 Å². The van der Waals surface area contributed by atoms with E-state index in [1.54, 1.807) is 6.07 Å². The van der Waals surface area contributed by atoms with Crippen molar-refractivity contribution >= 4 is 44.6 Å². The summed E-state index contributed by atoms with van der Waals surface area (Å²) in [5.41, 5.74) is 0.801. The maximum Gasteiger partial charge on any atom is 0.252 e. The molecule has 0 atom stereocenters. The Labute approximate surface area is 133 Å². The topological polar surface area (TPSA) is 46.6 Å². The molecular formula is C12H17Cl2NO3S2. The first kappa shape index (κ1) is 16.5. The Balaban J connectivity index is 2.02. The predicted octanol–water partition coefficient (Wildman–Crippen LogP) is 3.12. The number of halogens is 2. The van der Waals surface area contributed by atoms with Crippen LogP contribution in [0.2, 0.25) is 4.34 Å². The van der Waals surface area contributed by atoms with Crippen molar-refractivity contribution in [2.24, 2.45) is 0 Å². The molecule has 0 unspecified atom stereocenters. The van der Waals surface area contributed by atoms with Crippen molar-refractivity contribution in [3.63, 3.8) is 0 Å². The molecule has 1 aromatic heterocycles. The number of rotatable bonds is 5. The van der Waals surface area contributed by atoms with Gasteiger partial charge in [0.2, 0.25) is 0 Å². The number of hydrogen-bond acceptors (Lipinski definition) is 4. The molecule has 1 saturated heterocycles. The number of sulfonamides is 1. The molecule has 8 heteroatoms. The fourth-order valence-corrected chi connectivity index (χ4v) is 5.56. The fourth-order valence-electron chi connectivity index (χ4n) is 2.14. The second-order valence-electron chi connectivity index (χ2n) is 4.69. The molecule has 1 aliphatic heterocycles. The summed E-state index contributed by atoms with van der Waals surface area (Å²) in [7, 11) is -3.42. The summed E-state index contributed by atoms with van der Waals surface area (Å²) in [6.07, 6.45) is 1.51. The van der Waals surface area contributed by atoms with Gasteiger partial charge in [0.25, 0.3) is 10.0 Å². The minimum atomic E-state index is -3.42. The van der Waals surface area contributed by atoms with E-state index in [2.05, 4.69) is 0 Å². The zero-order chi connectivity index (χ0) is 14.8. The highest BCUT2D eigenvalue weighted by Gasteiger charge is 2.31. The van der Waals surface area contributed by atoms with Crippen molar-refractivity contribution in [1.82, 2.24) is 4.31 Å². The average molecular weight is 358 g/mol. The third kappa shape index (κ3) is 3.67. The maximum atomic E-state index is 12.5. The Kier molecular flexibility index (Phi) is 5.73. The average Bonchev–Trinajstić information content (AvgIpc) is 2.77. The van der Waals surface area contributed by atoms with E-state index in [9.17, 15) is 8.42 Å². The Hall–Kier alpha value is 0.150. The Morgan fingerprint density at radius 3 is 2.60 bits per heavy atom. The van der Waals surface area contributed by atoms with Gasteiger partial charge < -0.3 is 4.74 Å². The Morgan fingerprint density at radius 1 is 1.45 bits per heavy atom. The van der Waals surface area contributed by atoms with E-state index in [-0.39, 0.29) is 6.10 Å². The highest BCUT2D eigenvalue weighted by Crippen LogP contribution is 2.33. The van der Waals surface area contributed by atoms with Gasteiger partial charge in [-0.3, -0.25) is 0 Å². The quantitative estimate of drug-likeness (QED) is 0.760. The summed E-state index contributed by atoms with van der Waals surface area (Å²) in [5.74, 6) is 0.464. The van der Waals surface area contributed by atoms with Crippen LogP contribution >= 0.6 is 34.5 Å². The molecule has 0 radical (unpaired) electrons. The first-order valence-corrected chi connectivity index (χ1v) is 9.55. The third-order valence-electron chi connectivity index (χ3n) is 3.26. The number of nitrogens with zero attached hydrogens (tertiary/aromatic N) is 1. The lowest BCUT2D eigenvalue weighted by atomic mass is 10.1. The van der Waals surface area contributed by atoms with Gasteiger partial charge in [0.05, 0.1) is 17.0 Å². The number of alkyl halides is 1. The molecule has 2 heterocycles. The van der Waals surface area contributed by atoms with Crippen LogP contribution in [0.3, 0.4) is 0 Å². The molecule has 0 N–H and O–H groups in total. The van der Waals surface area contributed by atoms with Crippen LogP contribution in [0.1, 0.15) is 18.4 Å². The number of thiophene rings is 1. The van der Waals surface area contributed by atoms with Crippen LogP contribution < -0.4 is 0 Å². The van der Waals surface area contributed by atoms with Gasteiger partial charge in [-0.1, -0.05) is 11.6 Å². The van der Waals surface area contributed by atoms with E-state index in [0.29, 0.717) is 47.0 Å². The second-order valence-corrected chi connectivity index (χ2v) is 8.88. The van der Waals surface area contributed by atoms with Gasteiger partial charge in [0.1, 0.15) is 4.21 Å². The molecule has 114 valence electrons. The SMILES string of the molecule is Cc1cc(S(=O)(=O)N2CCC(OCCCl)CC2)sc1Cl. The zero-order valence-electron chi connectivity index (χ0n) is 11.1. The van der Waals surface area contributed by atoms with E-state index in [1.807, 2.05) is 6.92 Å². The first-order valence-electron chi connectivity index (χ1n) is 6.39. The smallest absolute Gasteiger partial charge is 0.252 e. The van der Waals surface area contributed by atoms with Gasteiger partial charge >= 0.3 is 0 Å². The zero-order valence-corrected chi connectivity index (χ0v) is 14.3. The number of hydrogen-bond donors (Lipinski definition) is 0. The van der Waals surface area contributed by atoms with E-state index in [0.717, 1.165) is 16.9 Å². The summed E-state index contributed by atoms with van der Waals surface area (Å²) >= 11 is 12.7. The van der Waals surface area contributed by atoms with Crippen molar-refractivity contribution in [3.8, 4) is 0 Å². The molecule has 1 aromatic rings. The fraction of sp³-hybridized carbons (Fsp3) is 0.667. The van der Waals surface area contributed by atoms with Crippen molar-refractivity contribution in [2.45, 2.75) is 30.1 Å². The molecule has 4 nitrogen and oxygen atoms in total. The standard InChI is InChI=1S/C12H17Cl2NO3S2/c1-9-8-11(19-12(9)14)20(16,17)15-5-2-10(3-6-15)18-7-4-13/h8,10H,2-7H2,1H3. The molecule has 0 saturated carbocycles. The molecule has 0 bridgehead atoms. The van der Waals surface area contributed by atoms with E-state index < -0.39 is 10.0 Å². The van der Waals surface area contributed by atoms with Crippen LogP contribution in [0.25, 0.3) is 0 Å². The minimum Gasteiger partial charge on any atom is -0.377 e. The van der Waals surface area contributed by atoms with E-state index >= 15 is 0 Å². The van der Waals surface area contributed by atoms with E-state index in [4.69, 9.17) is 27.9 Å². The molecule has 0 aromatic carbocycles. The van der Waals surface area contributed by atoms with Crippen LogP contribution in [0.5, 0.6) is 0 Å². The van der Waals surface area contributed by atoms with Crippen LogP contribution in [0.4, 0.5) is 0 Å². The predicted molar refractivity (Wildman–Crippen MR) is 82.5 cm³/mol. The highest BCUT2D eigenvalue weighted by atomic mass is 35.5. The molecule has 20 heavy (non-hydrogen) atoms. The molecule has 0 amide bonds. The second kappa shape index (κ2) is 6.94. The largest absolute Gasteiger partial charge is 0.377 e. The van der Waals surface area contributed by atoms with Crippen molar-refractivity contribution < 1.29 is 13.2 Å². The van der Waals surface area contributed by atoms with Crippen molar-refractivity contribution in [2.75, 3.05) is 25.6 Å². The van der Waals surface area contributed by atoms with Gasteiger partial charge in [-0.2, -0.15) is 4.31 Å². The van der Waals surface area contributed by atoms with Crippen LogP contribution in [0, 0.1) is 6.92 Å². The minimum absolute atomic E-state index is 0.105. The maximum absolute atomic E-state index is 12.5. The van der Waals surface area contributed by atoms with Gasteiger partial charge in [-0.15, -0.1) is 22.9 Å².